The van der Waals surface area contributed by atoms with Crippen LogP contribution in [0.15, 0.2) is 36.1 Å². The zero-order valence-corrected chi connectivity index (χ0v) is 18.6. The summed E-state index contributed by atoms with van der Waals surface area (Å²) in [6.45, 7) is 6.82. The number of nitrogens with one attached hydrogen (secondary N) is 1. The largest absolute Gasteiger partial charge is 0.352 e. The van der Waals surface area contributed by atoms with Crippen molar-refractivity contribution in [3.8, 4) is 11.1 Å². The van der Waals surface area contributed by atoms with E-state index in [1.807, 2.05) is 43.9 Å². The molecule has 1 amide bonds. The first-order valence-electron chi connectivity index (χ1n) is 10.6. The molecule has 0 radical (unpaired) electrons. The van der Waals surface area contributed by atoms with E-state index in [1.54, 1.807) is 11.3 Å². The van der Waals surface area contributed by atoms with Gasteiger partial charge >= 0.3 is 0 Å². The minimum absolute atomic E-state index is 0.0448. The Kier molecular flexibility index (Phi) is 6.23. The standard InChI is InChI=1S/C24H28N4OS/c1-15-11-25-9-8-21(15)22-13-26-17(3)28-23(22)19-6-4-18(5-7-19)12-27-24(29)20-10-16(2)30-14-20/h8-11,13-14,18-19H,4-7,12H2,1-3H3,(H,27,29). The number of thiophene rings is 1. The maximum atomic E-state index is 12.3. The summed E-state index contributed by atoms with van der Waals surface area (Å²) in [6.07, 6.45) is 10.1. The Morgan fingerprint density at radius 3 is 2.63 bits per heavy atom. The van der Waals surface area contributed by atoms with Crippen LogP contribution in [0.1, 0.15) is 63.9 Å². The van der Waals surface area contributed by atoms with Crippen molar-refractivity contribution in [1.82, 2.24) is 20.3 Å². The lowest BCUT2D eigenvalue weighted by atomic mass is 9.78. The maximum absolute atomic E-state index is 12.3. The van der Waals surface area contributed by atoms with Crippen molar-refractivity contribution in [2.24, 2.45) is 5.92 Å². The van der Waals surface area contributed by atoms with Gasteiger partial charge in [0.1, 0.15) is 5.82 Å². The molecular weight excluding hydrogens is 392 g/mol. The second kappa shape index (κ2) is 9.04. The van der Waals surface area contributed by atoms with E-state index >= 15 is 0 Å². The monoisotopic (exact) mass is 420 g/mol. The highest BCUT2D eigenvalue weighted by atomic mass is 32.1. The van der Waals surface area contributed by atoms with Crippen LogP contribution < -0.4 is 5.32 Å². The van der Waals surface area contributed by atoms with E-state index in [9.17, 15) is 4.79 Å². The van der Waals surface area contributed by atoms with Crippen LogP contribution in [0.2, 0.25) is 0 Å². The third-order valence-electron chi connectivity index (χ3n) is 6.03. The molecule has 3 aromatic rings. The molecule has 0 aromatic carbocycles. The van der Waals surface area contributed by atoms with E-state index < -0.39 is 0 Å². The number of amides is 1. The molecule has 0 atom stereocenters. The molecule has 4 rings (SSSR count). The van der Waals surface area contributed by atoms with Gasteiger partial charge in [0.2, 0.25) is 0 Å². The van der Waals surface area contributed by atoms with Gasteiger partial charge < -0.3 is 5.32 Å². The molecule has 3 aromatic heterocycles. The number of pyridine rings is 1. The second-order valence-corrected chi connectivity index (χ2v) is 9.40. The number of aryl methyl sites for hydroxylation is 3. The van der Waals surface area contributed by atoms with Crippen molar-refractivity contribution in [1.29, 1.82) is 0 Å². The first-order valence-corrected chi connectivity index (χ1v) is 11.5. The molecule has 30 heavy (non-hydrogen) atoms. The maximum Gasteiger partial charge on any atom is 0.252 e. The second-order valence-electron chi connectivity index (χ2n) is 8.28. The number of aromatic nitrogens is 3. The van der Waals surface area contributed by atoms with Crippen molar-refractivity contribution < 1.29 is 4.79 Å². The Balaban J connectivity index is 1.41. The van der Waals surface area contributed by atoms with Crippen molar-refractivity contribution >= 4 is 17.2 Å². The van der Waals surface area contributed by atoms with Gasteiger partial charge in [-0.05, 0) is 75.6 Å². The van der Waals surface area contributed by atoms with Crippen molar-refractivity contribution in [3.63, 3.8) is 0 Å². The average Bonchev–Trinajstić information content (AvgIpc) is 3.19. The van der Waals surface area contributed by atoms with Crippen LogP contribution in [0.5, 0.6) is 0 Å². The average molecular weight is 421 g/mol. The molecule has 1 aliphatic rings. The zero-order valence-electron chi connectivity index (χ0n) is 17.8. The number of nitrogens with zero attached hydrogens (tertiary/aromatic N) is 3. The summed E-state index contributed by atoms with van der Waals surface area (Å²) in [5.74, 6) is 1.82. The number of hydrogen-bond donors (Lipinski definition) is 1. The fourth-order valence-corrected chi connectivity index (χ4v) is 5.01. The van der Waals surface area contributed by atoms with Crippen molar-refractivity contribution in [2.75, 3.05) is 6.54 Å². The van der Waals surface area contributed by atoms with E-state index in [0.29, 0.717) is 11.8 Å². The first-order chi connectivity index (χ1) is 14.5. The molecule has 1 fully saturated rings. The van der Waals surface area contributed by atoms with E-state index in [0.717, 1.165) is 60.4 Å². The molecular formula is C24H28N4OS. The van der Waals surface area contributed by atoms with Gasteiger partial charge in [0, 0.05) is 46.9 Å². The Morgan fingerprint density at radius 1 is 1.13 bits per heavy atom. The highest BCUT2D eigenvalue weighted by Crippen LogP contribution is 2.39. The summed E-state index contributed by atoms with van der Waals surface area (Å²) in [4.78, 5) is 27.0. The van der Waals surface area contributed by atoms with Gasteiger partial charge in [0.05, 0.1) is 11.3 Å². The highest BCUT2D eigenvalue weighted by Gasteiger charge is 2.26. The van der Waals surface area contributed by atoms with Gasteiger partial charge in [-0.25, -0.2) is 9.97 Å². The van der Waals surface area contributed by atoms with Gasteiger partial charge in [-0.15, -0.1) is 11.3 Å². The van der Waals surface area contributed by atoms with Crippen LogP contribution in [-0.2, 0) is 0 Å². The fourth-order valence-electron chi connectivity index (χ4n) is 4.32. The zero-order chi connectivity index (χ0) is 21.1. The van der Waals surface area contributed by atoms with Crippen molar-refractivity contribution in [3.05, 3.63) is 63.6 Å². The lowest BCUT2D eigenvalue weighted by molar-refractivity contribution is 0.0943. The van der Waals surface area contributed by atoms with Crippen LogP contribution in [0, 0.1) is 26.7 Å². The summed E-state index contributed by atoms with van der Waals surface area (Å²) in [5.41, 5.74) is 5.38. The summed E-state index contributed by atoms with van der Waals surface area (Å²) in [7, 11) is 0. The van der Waals surface area contributed by atoms with E-state index in [4.69, 9.17) is 4.98 Å². The molecule has 0 spiro atoms. The smallest absolute Gasteiger partial charge is 0.252 e. The van der Waals surface area contributed by atoms with Gasteiger partial charge in [-0.2, -0.15) is 0 Å². The predicted molar refractivity (Wildman–Crippen MR) is 121 cm³/mol. The molecule has 0 unspecified atom stereocenters. The normalized spacial score (nSPS) is 18.9. The molecule has 5 nitrogen and oxygen atoms in total. The number of carbonyl (C=O) groups excluding carboxylic acids is 1. The van der Waals surface area contributed by atoms with Gasteiger partial charge in [0.15, 0.2) is 0 Å². The quantitative estimate of drug-likeness (QED) is 0.614. The van der Waals surface area contributed by atoms with Gasteiger partial charge in [-0.1, -0.05) is 0 Å². The third-order valence-corrected chi connectivity index (χ3v) is 6.89. The Morgan fingerprint density at radius 2 is 1.93 bits per heavy atom. The fraction of sp³-hybridized carbons (Fsp3) is 0.417. The van der Waals surface area contributed by atoms with Gasteiger partial charge in [-0.3, -0.25) is 9.78 Å². The van der Waals surface area contributed by atoms with E-state index in [1.165, 1.54) is 10.4 Å². The van der Waals surface area contributed by atoms with Crippen molar-refractivity contribution in [2.45, 2.75) is 52.4 Å². The summed E-state index contributed by atoms with van der Waals surface area (Å²) >= 11 is 1.62. The van der Waals surface area contributed by atoms with Crippen LogP contribution in [0.3, 0.4) is 0 Å². The lowest BCUT2D eigenvalue weighted by Gasteiger charge is -2.29. The predicted octanol–water partition coefficient (Wildman–Crippen LogP) is 5.23. The molecule has 0 aliphatic heterocycles. The molecule has 0 bridgehead atoms. The minimum Gasteiger partial charge on any atom is -0.352 e. The van der Waals surface area contributed by atoms with Gasteiger partial charge in [0.25, 0.3) is 5.91 Å². The number of carbonyl (C=O) groups is 1. The lowest BCUT2D eigenvalue weighted by Crippen LogP contribution is -2.31. The van der Waals surface area contributed by atoms with E-state index in [-0.39, 0.29) is 5.91 Å². The summed E-state index contributed by atoms with van der Waals surface area (Å²) < 4.78 is 0. The molecule has 0 saturated heterocycles. The SMILES string of the molecule is Cc1ncc(-c2ccncc2C)c(C2CCC(CNC(=O)c3csc(C)c3)CC2)n1. The molecule has 6 heteroatoms. The van der Waals surface area contributed by atoms with Crippen LogP contribution in [-0.4, -0.2) is 27.4 Å². The molecule has 1 N–H and O–H groups in total. The molecule has 3 heterocycles. The van der Waals surface area contributed by atoms with E-state index in [2.05, 4.69) is 28.3 Å². The minimum atomic E-state index is 0.0448. The molecule has 1 saturated carbocycles. The molecule has 156 valence electrons. The topological polar surface area (TPSA) is 67.8 Å². The third kappa shape index (κ3) is 4.59. The Labute approximate surface area is 182 Å². The Hall–Kier alpha value is -2.60. The summed E-state index contributed by atoms with van der Waals surface area (Å²) in [5, 5.41) is 5.06. The Bertz CT molecular complexity index is 1040. The number of rotatable bonds is 5. The molecule has 1 aliphatic carbocycles. The highest BCUT2D eigenvalue weighted by molar-refractivity contribution is 7.10. The summed E-state index contributed by atoms with van der Waals surface area (Å²) in [6, 6.07) is 4.01. The van der Waals surface area contributed by atoms with Crippen LogP contribution >= 0.6 is 11.3 Å². The van der Waals surface area contributed by atoms with Crippen LogP contribution in [0.25, 0.3) is 11.1 Å². The first kappa shape index (κ1) is 20.7. The number of hydrogen-bond acceptors (Lipinski definition) is 5. The van der Waals surface area contributed by atoms with Crippen LogP contribution in [0.4, 0.5) is 0 Å².